The largest absolute Gasteiger partial charge is 0.352 e. The molecule has 4 heteroatoms. The van der Waals surface area contributed by atoms with E-state index in [1.165, 1.54) is 5.56 Å². The Hall–Kier alpha value is -2.62. The highest BCUT2D eigenvalue weighted by Crippen LogP contribution is 2.19. The van der Waals surface area contributed by atoms with Gasteiger partial charge in [-0.1, -0.05) is 25.1 Å². The predicted octanol–water partition coefficient (Wildman–Crippen LogP) is 2.79. The smallest absolute Gasteiger partial charge is 0.255 e. The molecule has 0 radical (unpaired) electrons. The molecule has 0 aromatic heterocycles. The molecule has 0 aliphatic carbocycles. The zero-order chi connectivity index (χ0) is 15.5. The van der Waals surface area contributed by atoms with Gasteiger partial charge in [0.25, 0.3) is 11.8 Å². The fourth-order valence-electron chi connectivity index (χ4n) is 2.58. The maximum absolute atomic E-state index is 12.3. The maximum Gasteiger partial charge on any atom is 0.255 e. The first-order valence-corrected chi connectivity index (χ1v) is 7.49. The number of rotatable bonds is 3. The summed E-state index contributed by atoms with van der Waals surface area (Å²) < 4.78 is 0. The number of hydrogen-bond acceptors (Lipinski definition) is 2. The Morgan fingerprint density at radius 1 is 1.18 bits per heavy atom. The quantitative estimate of drug-likeness (QED) is 0.914. The third-order valence-electron chi connectivity index (χ3n) is 3.92. The molecule has 4 nitrogen and oxygen atoms in total. The molecule has 2 amide bonds. The monoisotopic (exact) mass is 294 g/mol. The molecule has 3 rings (SSSR count). The Balaban J connectivity index is 1.79. The molecule has 22 heavy (non-hydrogen) atoms. The minimum Gasteiger partial charge on any atom is -0.352 e. The fourth-order valence-corrected chi connectivity index (χ4v) is 2.58. The van der Waals surface area contributed by atoms with E-state index in [0.29, 0.717) is 23.4 Å². The van der Waals surface area contributed by atoms with Crippen molar-refractivity contribution in [1.29, 1.82) is 0 Å². The summed E-state index contributed by atoms with van der Waals surface area (Å²) in [7, 11) is 0. The summed E-state index contributed by atoms with van der Waals surface area (Å²) in [4.78, 5) is 24.1. The number of nitrogens with one attached hydrogen (secondary N) is 2. The van der Waals surface area contributed by atoms with Crippen LogP contribution in [0.4, 0.5) is 5.69 Å². The standard InChI is InChI=1S/C18H18N2O2/c1-2-12-3-5-14(6-4-12)17(21)20-15-8-7-13-9-10-19-18(22)16(13)11-15/h3-8,11H,2,9-10H2,1H3,(H,19,22)(H,20,21). The van der Waals surface area contributed by atoms with Crippen LogP contribution in [0, 0.1) is 0 Å². The lowest BCUT2D eigenvalue weighted by Crippen LogP contribution is -2.31. The van der Waals surface area contributed by atoms with Gasteiger partial charge in [0, 0.05) is 23.4 Å². The number of benzene rings is 2. The first-order chi connectivity index (χ1) is 10.7. The van der Waals surface area contributed by atoms with Gasteiger partial charge < -0.3 is 10.6 Å². The van der Waals surface area contributed by atoms with Crippen molar-refractivity contribution in [2.75, 3.05) is 11.9 Å². The number of carbonyl (C=O) groups excluding carboxylic acids is 2. The molecule has 2 aromatic carbocycles. The van der Waals surface area contributed by atoms with Crippen molar-refractivity contribution in [3.63, 3.8) is 0 Å². The lowest BCUT2D eigenvalue weighted by molar-refractivity contribution is 0.0944. The maximum atomic E-state index is 12.3. The molecule has 1 aliphatic rings. The van der Waals surface area contributed by atoms with Crippen molar-refractivity contribution < 1.29 is 9.59 Å². The molecule has 0 saturated heterocycles. The Bertz CT molecular complexity index is 720. The molecule has 0 unspecified atom stereocenters. The van der Waals surface area contributed by atoms with Crippen molar-refractivity contribution in [3.8, 4) is 0 Å². The van der Waals surface area contributed by atoms with Gasteiger partial charge in [-0.25, -0.2) is 0 Å². The number of fused-ring (bicyclic) bond motifs is 1. The van der Waals surface area contributed by atoms with Crippen molar-refractivity contribution in [1.82, 2.24) is 5.32 Å². The van der Waals surface area contributed by atoms with Gasteiger partial charge in [0.2, 0.25) is 0 Å². The van der Waals surface area contributed by atoms with Gasteiger partial charge in [-0.3, -0.25) is 9.59 Å². The van der Waals surface area contributed by atoms with Crippen molar-refractivity contribution >= 4 is 17.5 Å². The van der Waals surface area contributed by atoms with E-state index in [4.69, 9.17) is 0 Å². The molecule has 0 fully saturated rings. The molecule has 1 heterocycles. The highest BCUT2D eigenvalue weighted by Gasteiger charge is 2.17. The molecule has 2 N–H and O–H groups in total. The van der Waals surface area contributed by atoms with Crippen LogP contribution in [0.5, 0.6) is 0 Å². The zero-order valence-corrected chi connectivity index (χ0v) is 12.5. The van der Waals surface area contributed by atoms with Crippen LogP contribution < -0.4 is 10.6 Å². The van der Waals surface area contributed by atoms with E-state index in [1.54, 1.807) is 6.07 Å². The Morgan fingerprint density at radius 2 is 1.95 bits per heavy atom. The van der Waals surface area contributed by atoms with Crippen LogP contribution in [-0.2, 0) is 12.8 Å². The lowest BCUT2D eigenvalue weighted by Gasteiger charge is -2.17. The Kier molecular flexibility index (Phi) is 3.92. The second-order valence-electron chi connectivity index (χ2n) is 5.38. The Labute approximate surface area is 129 Å². The summed E-state index contributed by atoms with van der Waals surface area (Å²) in [5.41, 5.74) is 4.11. The Morgan fingerprint density at radius 3 is 2.68 bits per heavy atom. The molecule has 0 spiro atoms. The highest BCUT2D eigenvalue weighted by atomic mass is 16.2. The molecule has 1 aliphatic heterocycles. The van der Waals surface area contributed by atoms with Crippen LogP contribution in [0.15, 0.2) is 42.5 Å². The SMILES string of the molecule is CCc1ccc(C(=O)Nc2ccc3c(c2)C(=O)NCC3)cc1. The van der Waals surface area contributed by atoms with Gasteiger partial charge in [0.1, 0.15) is 0 Å². The highest BCUT2D eigenvalue weighted by molar-refractivity contribution is 6.05. The molecule has 0 atom stereocenters. The number of anilines is 1. The van der Waals surface area contributed by atoms with E-state index in [-0.39, 0.29) is 11.8 Å². The van der Waals surface area contributed by atoms with Crippen molar-refractivity contribution in [2.24, 2.45) is 0 Å². The van der Waals surface area contributed by atoms with E-state index < -0.39 is 0 Å². The fraction of sp³-hybridized carbons (Fsp3) is 0.222. The van der Waals surface area contributed by atoms with Crippen molar-refractivity contribution in [3.05, 3.63) is 64.7 Å². The minimum absolute atomic E-state index is 0.0790. The van der Waals surface area contributed by atoms with E-state index in [9.17, 15) is 9.59 Å². The number of aryl methyl sites for hydroxylation is 1. The second kappa shape index (κ2) is 6.02. The summed E-state index contributed by atoms with van der Waals surface area (Å²) in [5, 5.41) is 5.66. The van der Waals surface area contributed by atoms with Crippen LogP contribution >= 0.6 is 0 Å². The first kappa shape index (κ1) is 14.3. The van der Waals surface area contributed by atoms with E-state index in [0.717, 1.165) is 18.4 Å². The topological polar surface area (TPSA) is 58.2 Å². The zero-order valence-electron chi connectivity index (χ0n) is 12.5. The summed E-state index contributed by atoms with van der Waals surface area (Å²) in [6.45, 7) is 2.74. The first-order valence-electron chi connectivity index (χ1n) is 7.49. The molecule has 0 saturated carbocycles. The third-order valence-corrected chi connectivity index (χ3v) is 3.92. The summed E-state index contributed by atoms with van der Waals surface area (Å²) in [6.07, 6.45) is 1.77. The molecule has 112 valence electrons. The minimum atomic E-state index is -0.168. The van der Waals surface area contributed by atoms with Gasteiger partial charge in [0.05, 0.1) is 0 Å². The number of hydrogen-bond donors (Lipinski definition) is 2. The van der Waals surface area contributed by atoms with Crippen LogP contribution in [0.25, 0.3) is 0 Å². The number of carbonyl (C=O) groups is 2. The number of amides is 2. The third kappa shape index (κ3) is 2.86. The summed E-state index contributed by atoms with van der Waals surface area (Å²) in [6, 6.07) is 13.0. The van der Waals surface area contributed by atoms with Crippen LogP contribution in [-0.4, -0.2) is 18.4 Å². The second-order valence-corrected chi connectivity index (χ2v) is 5.38. The van der Waals surface area contributed by atoms with Crippen LogP contribution in [0.3, 0.4) is 0 Å². The van der Waals surface area contributed by atoms with Gasteiger partial charge >= 0.3 is 0 Å². The average molecular weight is 294 g/mol. The lowest BCUT2D eigenvalue weighted by atomic mass is 9.99. The van der Waals surface area contributed by atoms with E-state index in [1.807, 2.05) is 36.4 Å². The van der Waals surface area contributed by atoms with Crippen LogP contribution in [0.1, 0.15) is 38.8 Å². The van der Waals surface area contributed by atoms with Crippen molar-refractivity contribution in [2.45, 2.75) is 19.8 Å². The van der Waals surface area contributed by atoms with Gasteiger partial charge in [0.15, 0.2) is 0 Å². The van der Waals surface area contributed by atoms with Gasteiger partial charge in [-0.05, 0) is 48.2 Å². The summed E-state index contributed by atoms with van der Waals surface area (Å²) in [5.74, 6) is -0.247. The molecule has 0 bridgehead atoms. The van der Waals surface area contributed by atoms with Crippen LogP contribution in [0.2, 0.25) is 0 Å². The van der Waals surface area contributed by atoms with E-state index >= 15 is 0 Å². The average Bonchev–Trinajstić information content (AvgIpc) is 2.55. The normalized spacial score (nSPS) is 13.2. The summed E-state index contributed by atoms with van der Waals surface area (Å²) >= 11 is 0. The van der Waals surface area contributed by atoms with Gasteiger partial charge in [-0.2, -0.15) is 0 Å². The predicted molar refractivity (Wildman–Crippen MR) is 86.3 cm³/mol. The molecular formula is C18H18N2O2. The van der Waals surface area contributed by atoms with Gasteiger partial charge in [-0.15, -0.1) is 0 Å². The molecule has 2 aromatic rings. The van der Waals surface area contributed by atoms with E-state index in [2.05, 4.69) is 17.6 Å². The molecular weight excluding hydrogens is 276 g/mol.